The summed E-state index contributed by atoms with van der Waals surface area (Å²) >= 11 is 3.33. The molecule has 2 aliphatic rings. The van der Waals surface area contributed by atoms with Crippen molar-refractivity contribution >= 4 is 51.2 Å². The number of piperidine rings is 1. The second kappa shape index (κ2) is 8.21. The molecule has 148 valence electrons. The monoisotopic (exact) mass is 453 g/mol. The van der Waals surface area contributed by atoms with Gasteiger partial charge in [-0.3, -0.25) is 14.9 Å². The fraction of sp³-hybridized carbons (Fsp3) is 0.227. The van der Waals surface area contributed by atoms with Gasteiger partial charge in [-0.1, -0.05) is 28.1 Å². The van der Waals surface area contributed by atoms with Gasteiger partial charge in [0.2, 0.25) is 0 Å². The molecule has 0 aromatic heterocycles. The number of rotatable bonds is 3. The van der Waals surface area contributed by atoms with Crippen molar-refractivity contribution in [3.63, 3.8) is 0 Å². The van der Waals surface area contributed by atoms with Gasteiger partial charge in [0, 0.05) is 23.2 Å². The fourth-order valence-corrected chi connectivity index (χ4v) is 3.85. The molecular formula is C22H20BrN3O3. The van der Waals surface area contributed by atoms with Crippen LogP contribution in [0.4, 0.5) is 16.2 Å². The SMILES string of the molecule is O=C1NC(=O)N(c2ccc(Br)cc2)C(=O)C1=Cc1ccc(N2CCCCC2)cc1. The fourth-order valence-electron chi connectivity index (χ4n) is 3.58. The average Bonchev–Trinajstić information content (AvgIpc) is 2.73. The van der Waals surface area contributed by atoms with E-state index in [1.54, 1.807) is 24.3 Å². The first kappa shape index (κ1) is 19.4. The Balaban J connectivity index is 1.59. The first-order valence-corrected chi connectivity index (χ1v) is 10.3. The van der Waals surface area contributed by atoms with Gasteiger partial charge >= 0.3 is 6.03 Å². The standard InChI is InChI=1S/C22H20BrN3O3/c23-16-6-10-18(11-7-16)26-21(28)19(20(27)24-22(26)29)14-15-4-8-17(9-5-15)25-12-2-1-3-13-25/h4-11,14H,1-3,12-13H2,(H,24,27,29). The van der Waals surface area contributed by atoms with E-state index < -0.39 is 17.8 Å². The highest BCUT2D eigenvalue weighted by molar-refractivity contribution is 9.10. The number of carbonyl (C=O) groups is 3. The maximum absolute atomic E-state index is 12.9. The summed E-state index contributed by atoms with van der Waals surface area (Å²) in [6, 6.07) is 13.8. The highest BCUT2D eigenvalue weighted by Gasteiger charge is 2.36. The number of amides is 4. The molecule has 29 heavy (non-hydrogen) atoms. The van der Waals surface area contributed by atoms with Gasteiger partial charge in [0.05, 0.1) is 5.69 Å². The lowest BCUT2D eigenvalue weighted by atomic mass is 10.1. The Labute approximate surface area is 177 Å². The zero-order valence-corrected chi connectivity index (χ0v) is 17.3. The first-order valence-electron chi connectivity index (χ1n) is 9.55. The normalized spacial score (nSPS) is 18.9. The molecule has 0 bridgehead atoms. The molecule has 0 atom stereocenters. The lowest BCUT2D eigenvalue weighted by molar-refractivity contribution is -0.122. The highest BCUT2D eigenvalue weighted by atomic mass is 79.9. The number of halogens is 1. The minimum absolute atomic E-state index is 0.0711. The molecule has 0 radical (unpaired) electrons. The van der Waals surface area contributed by atoms with Crippen molar-refractivity contribution in [3.05, 3.63) is 64.1 Å². The van der Waals surface area contributed by atoms with E-state index in [1.165, 1.54) is 25.3 Å². The van der Waals surface area contributed by atoms with Gasteiger partial charge in [0.15, 0.2) is 0 Å². The molecule has 1 N–H and O–H groups in total. The van der Waals surface area contributed by atoms with E-state index >= 15 is 0 Å². The van der Waals surface area contributed by atoms with E-state index in [9.17, 15) is 14.4 Å². The van der Waals surface area contributed by atoms with Crippen molar-refractivity contribution in [2.75, 3.05) is 22.9 Å². The summed E-state index contributed by atoms with van der Waals surface area (Å²) in [5, 5.41) is 2.25. The van der Waals surface area contributed by atoms with E-state index in [-0.39, 0.29) is 5.57 Å². The summed E-state index contributed by atoms with van der Waals surface area (Å²) in [7, 11) is 0. The minimum atomic E-state index is -0.750. The molecule has 0 spiro atoms. The lowest BCUT2D eigenvalue weighted by Crippen LogP contribution is -2.54. The molecule has 2 saturated heterocycles. The summed E-state index contributed by atoms with van der Waals surface area (Å²) in [6.07, 6.45) is 5.18. The van der Waals surface area contributed by atoms with E-state index in [4.69, 9.17) is 0 Å². The number of urea groups is 1. The largest absolute Gasteiger partial charge is 0.372 e. The van der Waals surface area contributed by atoms with Crippen LogP contribution < -0.4 is 15.1 Å². The summed E-state index contributed by atoms with van der Waals surface area (Å²) in [4.78, 5) is 40.8. The third-order valence-corrected chi connectivity index (χ3v) is 5.64. The number of hydrogen-bond donors (Lipinski definition) is 1. The van der Waals surface area contributed by atoms with Crippen LogP contribution in [0.25, 0.3) is 6.08 Å². The molecule has 2 aromatic carbocycles. The van der Waals surface area contributed by atoms with E-state index in [0.717, 1.165) is 33.7 Å². The van der Waals surface area contributed by atoms with E-state index in [0.29, 0.717) is 5.69 Å². The molecule has 4 amide bonds. The lowest BCUT2D eigenvalue weighted by Gasteiger charge is -2.29. The molecule has 0 aliphatic carbocycles. The first-order chi connectivity index (χ1) is 14.0. The predicted octanol–water partition coefficient (Wildman–Crippen LogP) is 4.11. The zero-order valence-electron chi connectivity index (χ0n) is 15.7. The molecular weight excluding hydrogens is 434 g/mol. The second-order valence-electron chi connectivity index (χ2n) is 7.07. The molecule has 6 nitrogen and oxygen atoms in total. The molecule has 2 fully saturated rings. The Bertz CT molecular complexity index is 977. The molecule has 2 aromatic rings. The zero-order chi connectivity index (χ0) is 20.4. The van der Waals surface area contributed by atoms with Gasteiger partial charge in [0.25, 0.3) is 11.8 Å². The summed E-state index contributed by atoms with van der Waals surface area (Å²) < 4.78 is 0.826. The molecule has 7 heteroatoms. The van der Waals surface area contributed by atoms with Crippen LogP contribution in [0.1, 0.15) is 24.8 Å². The van der Waals surface area contributed by atoms with Crippen LogP contribution in [-0.2, 0) is 9.59 Å². The van der Waals surface area contributed by atoms with Crippen LogP contribution in [-0.4, -0.2) is 30.9 Å². The summed E-state index contributed by atoms with van der Waals surface area (Å²) in [5.74, 6) is -1.32. The van der Waals surface area contributed by atoms with Crippen LogP contribution in [0.3, 0.4) is 0 Å². The molecule has 4 rings (SSSR count). The number of nitrogens with one attached hydrogen (secondary N) is 1. The Morgan fingerprint density at radius 1 is 0.828 bits per heavy atom. The minimum Gasteiger partial charge on any atom is -0.372 e. The van der Waals surface area contributed by atoms with Gasteiger partial charge in [-0.2, -0.15) is 0 Å². The van der Waals surface area contributed by atoms with Gasteiger partial charge in [-0.15, -0.1) is 0 Å². The predicted molar refractivity (Wildman–Crippen MR) is 116 cm³/mol. The topological polar surface area (TPSA) is 69.7 Å². The number of benzene rings is 2. The van der Waals surface area contributed by atoms with Gasteiger partial charge < -0.3 is 4.90 Å². The van der Waals surface area contributed by atoms with Crippen LogP contribution in [0.15, 0.2) is 58.6 Å². The average molecular weight is 454 g/mol. The third kappa shape index (κ3) is 4.10. The molecule has 0 saturated carbocycles. The van der Waals surface area contributed by atoms with Crippen molar-refractivity contribution in [2.45, 2.75) is 19.3 Å². The number of anilines is 2. The van der Waals surface area contributed by atoms with Gasteiger partial charge in [0.1, 0.15) is 5.57 Å². The van der Waals surface area contributed by atoms with Crippen LogP contribution >= 0.6 is 15.9 Å². The van der Waals surface area contributed by atoms with Crippen molar-refractivity contribution in [3.8, 4) is 0 Å². The Hall–Kier alpha value is -2.93. The van der Waals surface area contributed by atoms with E-state index in [1.807, 2.05) is 24.3 Å². The Morgan fingerprint density at radius 2 is 1.45 bits per heavy atom. The van der Waals surface area contributed by atoms with Crippen molar-refractivity contribution in [1.82, 2.24) is 5.32 Å². The van der Waals surface area contributed by atoms with Gasteiger partial charge in [-0.05, 0) is 67.3 Å². The second-order valence-corrected chi connectivity index (χ2v) is 7.99. The van der Waals surface area contributed by atoms with Crippen LogP contribution in [0, 0.1) is 0 Å². The number of nitrogens with zero attached hydrogens (tertiary/aromatic N) is 2. The maximum Gasteiger partial charge on any atom is 0.335 e. The van der Waals surface area contributed by atoms with Gasteiger partial charge in [-0.25, -0.2) is 9.69 Å². The maximum atomic E-state index is 12.9. The molecule has 2 aliphatic heterocycles. The summed E-state index contributed by atoms with van der Waals surface area (Å²) in [6.45, 7) is 2.09. The molecule has 0 unspecified atom stereocenters. The number of hydrogen-bond acceptors (Lipinski definition) is 4. The number of carbonyl (C=O) groups excluding carboxylic acids is 3. The third-order valence-electron chi connectivity index (χ3n) is 5.11. The highest BCUT2D eigenvalue weighted by Crippen LogP contribution is 2.25. The van der Waals surface area contributed by atoms with Crippen LogP contribution in [0.5, 0.6) is 0 Å². The summed E-state index contributed by atoms with van der Waals surface area (Å²) in [5.41, 5.74) is 2.19. The number of imide groups is 2. The smallest absolute Gasteiger partial charge is 0.335 e. The Kier molecular flexibility index (Phi) is 5.49. The molecule has 2 heterocycles. The van der Waals surface area contributed by atoms with E-state index in [2.05, 4.69) is 26.1 Å². The Morgan fingerprint density at radius 3 is 2.10 bits per heavy atom. The van der Waals surface area contributed by atoms with Crippen molar-refractivity contribution in [2.24, 2.45) is 0 Å². The number of barbiturate groups is 1. The van der Waals surface area contributed by atoms with Crippen molar-refractivity contribution in [1.29, 1.82) is 0 Å². The van der Waals surface area contributed by atoms with Crippen LogP contribution in [0.2, 0.25) is 0 Å². The van der Waals surface area contributed by atoms with Crippen molar-refractivity contribution < 1.29 is 14.4 Å². The quantitative estimate of drug-likeness (QED) is 0.560.